The minimum Gasteiger partial charge on any atom is -0.468 e. The average molecular weight is 228 g/mol. The van der Waals surface area contributed by atoms with Gasteiger partial charge in [0.2, 0.25) is 5.41 Å². The number of ketones is 1. The van der Waals surface area contributed by atoms with Crippen molar-refractivity contribution in [1.82, 2.24) is 0 Å². The Labute approximate surface area is 94.4 Å². The number of allylic oxidation sites excluding steroid dienone is 1. The summed E-state index contributed by atoms with van der Waals surface area (Å²) in [6, 6.07) is 0. The van der Waals surface area contributed by atoms with Crippen molar-refractivity contribution < 1.29 is 23.9 Å². The highest BCUT2D eigenvalue weighted by molar-refractivity contribution is 6.21. The Morgan fingerprint density at radius 2 is 1.31 bits per heavy atom. The fourth-order valence-electron chi connectivity index (χ4n) is 1.35. The van der Waals surface area contributed by atoms with Crippen molar-refractivity contribution in [3.05, 3.63) is 11.6 Å². The number of esters is 2. The second-order valence-electron chi connectivity index (χ2n) is 3.57. The number of rotatable bonds is 4. The van der Waals surface area contributed by atoms with Crippen LogP contribution in [0.5, 0.6) is 0 Å². The van der Waals surface area contributed by atoms with E-state index in [0.29, 0.717) is 5.57 Å². The van der Waals surface area contributed by atoms with Crippen LogP contribution in [0.4, 0.5) is 0 Å². The van der Waals surface area contributed by atoms with Crippen molar-refractivity contribution in [3.8, 4) is 0 Å². The third-order valence-electron chi connectivity index (χ3n) is 2.08. The number of carbonyl (C=O) groups excluding carboxylic acids is 3. The van der Waals surface area contributed by atoms with Crippen LogP contribution in [-0.4, -0.2) is 31.9 Å². The first-order valence-electron chi connectivity index (χ1n) is 4.66. The van der Waals surface area contributed by atoms with Crippen LogP contribution >= 0.6 is 0 Å². The molecule has 0 aromatic heterocycles. The summed E-state index contributed by atoms with van der Waals surface area (Å²) >= 11 is 0. The summed E-state index contributed by atoms with van der Waals surface area (Å²) in [4.78, 5) is 34.8. The van der Waals surface area contributed by atoms with Gasteiger partial charge in [0.15, 0.2) is 5.78 Å². The first-order valence-corrected chi connectivity index (χ1v) is 4.66. The van der Waals surface area contributed by atoms with Crippen molar-refractivity contribution in [2.24, 2.45) is 5.41 Å². The van der Waals surface area contributed by atoms with Gasteiger partial charge in [-0.1, -0.05) is 5.57 Å². The lowest BCUT2D eigenvalue weighted by atomic mass is 9.82. The lowest BCUT2D eigenvalue weighted by Gasteiger charge is -2.22. The summed E-state index contributed by atoms with van der Waals surface area (Å²) < 4.78 is 8.99. The maximum Gasteiger partial charge on any atom is 0.334 e. The number of hydrogen-bond acceptors (Lipinski definition) is 5. The minimum atomic E-state index is -1.98. The van der Waals surface area contributed by atoms with Gasteiger partial charge in [-0.2, -0.15) is 0 Å². The van der Waals surface area contributed by atoms with E-state index in [9.17, 15) is 14.4 Å². The normalized spacial score (nSPS) is 10.3. The van der Waals surface area contributed by atoms with E-state index in [1.165, 1.54) is 6.08 Å². The smallest absolute Gasteiger partial charge is 0.334 e. The Morgan fingerprint density at radius 3 is 1.50 bits per heavy atom. The van der Waals surface area contributed by atoms with Crippen LogP contribution in [0.1, 0.15) is 20.8 Å². The number of hydrogen-bond donors (Lipinski definition) is 0. The molecule has 0 spiro atoms. The standard InChI is InChI=1S/C11H16O5/c1-7(2)6-11(8(3)12,9(13)15-4)10(14)16-5/h6H,1-5H3. The van der Waals surface area contributed by atoms with Crippen LogP contribution in [0.25, 0.3) is 0 Å². The van der Waals surface area contributed by atoms with Crippen LogP contribution < -0.4 is 0 Å². The third-order valence-corrected chi connectivity index (χ3v) is 2.08. The van der Waals surface area contributed by atoms with Crippen LogP contribution in [0.3, 0.4) is 0 Å². The molecule has 0 rings (SSSR count). The Bertz CT molecular complexity index is 320. The van der Waals surface area contributed by atoms with Gasteiger partial charge < -0.3 is 9.47 Å². The van der Waals surface area contributed by atoms with Gasteiger partial charge in [-0.25, -0.2) is 0 Å². The zero-order valence-corrected chi connectivity index (χ0v) is 10.1. The Hall–Kier alpha value is -1.65. The van der Waals surface area contributed by atoms with Gasteiger partial charge in [-0.15, -0.1) is 0 Å². The Kier molecular flexibility index (Phi) is 4.88. The molecule has 0 N–H and O–H groups in total. The quantitative estimate of drug-likeness (QED) is 0.405. The van der Waals surface area contributed by atoms with E-state index in [-0.39, 0.29) is 0 Å². The highest BCUT2D eigenvalue weighted by atomic mass is 16.5. The molecule has 0 aliphatic rings. The van der Waals surface area contributed by atoms with Crippen molar-refractivity contribution in [1.29, 1.82) is 0 Å². The zero-order valence-electron chi connectivity index (χ0n) is 10.1. The fraction of sp³-hybridized carbons (Fsp3) is 0.545. The molecule has 5 heteroatoms. The van der Waals surface area contributed by atoms with Crippen LogP contribution in [0, 0.1) is 5.41 Å². The molecule has 90 valence electrons. The van der Waals surface area contributed by atoms with Gasteiger partial charge in [0.25, 0.3) is 0 Å². The predicted molar refractivity (Wildman–Crippen MR) is 56.6 cm³/mol. The summed E-state index contributed by atoms with van der Waals surface area (Å²) in [7, 11) is 2.23. The lowest BCUT2D eigenvalue weighted by molar-refractivity contribution is -0.167. The molecule has 0 aliphatic carbocycles. The molecular weight excluding hydrogens is 212 g/mol. The van der Waals surface area contributed by atoms with Gasteiger partial charge >= 0.3 is 11.9 Å². The molecule has 0 heterocycles. The summed E-state index contributed by atoms with van der Waals surface area (Å²) in [5.41, 5.74) is -1.34. The van der Waals surface area contributed by atoms with Gasteiger partial charge in [0.05, 0.1) is 14.2 Å². The maximum atomic E-state index is 11.6. The first kappa shape index (κ1) is 14.3. The molecule has 0 aromatic rings. The van der Waals surface area contributed by atoms with Gasteiger partial charge in [-0.05, 0) is 26.8 Å². The topological polar surface area (TPSA) is 69.7 Å². The SMILES string of the molecule is COC(=O)C(C=C(C)C)(C(C)=O)C(=O)OC. The molecule has 0 saturated carbocycles. The molecule has 0 saturated heterocycles. The molecule has 0 unspecified atom stereocenters. The molecule has 0 atom stereocenters. The summed E-state index contributed by atoms with van der Waals surface area (Å²) in [6.07, 6.45) is 1.26. The van der Waals surface area contributed by atoms with E-state index in [4.69, 9.17) is 0 Å². The summed E-state index contributed by atoms with van der Waals surface area (Å²) in [6.45, 7) is 4.49. The second kappa shape index (κ2) is 5.44. The molecule has 0 aromatic carbocycles. The van der Waals surface area contributed by atoms with Gasteiger partial charge in [0.1, 0.15) is 0 Å². The molecule has 0 amide bonds. The number of Topliss-reactive ketones (excluding diaryl/α,β-unsaturated/α-hetero) is 1. The Morgan fingerprint density at radius 1 is 0.938 bits per heavy atom. The van der Waals surface area contributed by atoms with E-state index in [0.717, 1.165) is 21.1 Å². The van der Waals surface area contributed by atoms with Crippen molar-refractivity contribution in [2.45, 2.75) is 20.8 Å². The molecule has 0 radical (unpaired) electrons. The number of ether oxygens (including phenoxy) is 2. The van der Waals surface area contributed by atoms with E-state index >= 15 is 0 Å². The van der Waals surface area contributed by atoms with E-state index in [1.807, 2.05) is 0 Å². The first-order chi connectivity index (χ1) is 7.32. The second-order valence-corrected chi connectivity index (χ2v) is 3.57. The zero-order chi connectivity index (χ0) is 12.9. The van der Waals surface area contributed by atoms with E-state index in [1.54, 1.807) is 13.8 Å². The highest BCUT2D eigenvalue weighted by Gasteiger charge is 2.51. The number of carbonyl (C=O) groups is 3. The molecule has 0 fully saturated rings. The summed E-state index contributed by atoms with van der Waals surface area (Å²) in [5, 5.41) is 0. The van der Waals surface area contributed by atoms with Crippen molar-refractivity contribution >= 4 is 17.7 Å². The fourth-order valence-corrected chi connectivity index (χ4v) is 1.35. The van der Waals surface area contributed by atoms with E-state index < -0.39 is 23.1 Å². The highest BCUT2D eigenvalue weighted by Crippen LogP contribution is 2.26. The molecular formula is C11H16O5. The Balaban J connectivity index is 5.78. The minimum absolute atomic E-state index is 0.632. The predicted octanol–water partition coefficient (Wildman–Crippen LogP) is 0.874. The maximum absolute atomic E-state index is 11.6. The monoisotopic (exact) mass is 228 g/mol. The van der Waals surface area contributed by atoms with E-state index in [2.05, 4.69) is 9.47 Å². The van der Waals surface area contributed by atoms with Gasteiger partial charge in [0, 0.05) is 0 Å². The lowest BCUT2D eigenvalue weighted by Crippen LogP contribution is -2.45. The largest absolute Gasteiger partial charge is 0.468 e. The van der Waals surface area contributed by atoms with Crippen molar-refractivity contribution in [3.63, 3.8) is 0 Å². The number of methoxy groups -OCH3 is 2. The van der Waals surface area contributed by atoms with Crippen LogP contribution in [0.15, 0.2) is 11.6 Å². The molecule has 0 aliphatic heterocycles. The van der Waals surface area contributed by atoms with Crippen LogP contribution in [0.2, 0.25) is 0 Å². The third kappa shape index (κ3) is 2.48. The molecule has 0 bridgehead atoms. The van der Waals surface area contributed by atoms with Crippen LogP contribution in [-0.2, 0) is 23.9 Å². The van der Waals surface area contributed by atoms with Crippen molar-refractivity contribution in [2.75, 3.05) is 14.2 Å². The van der Waals surface area contributed by atoms with Gasteiger partial charge in [-0.3, -0.25) is 14.4 Å². The molecule has 5 nitrogen and oxygen atoms in total. The molecule has 16 heavy (non-hydrogen) atoms. The summed E-state index contributed by atoms with van der Waals surface area (Å²) in [5.74, 6) is -2.51. The average Bonchev–Trinajstić information content (AvgIpc) is 2.22.